The highest BCUT2D eigenvalue weighted by molar-refractivity contribution is 8.00. The lowest BCUT2D eigenvalue weighted by Gasteiger charge is -2.16. The molecule has 4 rings (SSSR count). The van der Waals surface area contributed by atoms with Crippen LogP contribution in [-0.2, 0) is 4.79 Å². The highest BCUT2D eigenvalue weighted by atomic mass is 32.2. The lowest BCUT2D eigenvalue weighted by Crippen LogP contribution is -2.19. The lowest BCUT2D eigenvalue weighted by atomic mass is 10.1. The molecule has 0 aliphatic rings. The molecule has 0 fully saturated rings. The van der Waals surface area contributed by atoms with Gasteiger partial charge in [-0.05, 0) is 61.4 Å². The molecule has 1 amide bonds. The summed E-state index contributed by atoms with van der Waals surface area (Å²) in [5, 5.41) is 11.0. The molecule has 152 valence electrons. The minimum atomic E-state index is -0.551. The minimum Gasteiger partial charge on any atom is -0.469 e. The SMILES string of the molecule is Cc1ccc(C)c(NC(=O)[C@@H](Sc2nnc(-c3ccoc3C)o2)c2ccccc2)c1. The van der Waals surface area contributed by atoms with Gasteiger partial charge in [0.05, 0.1) is 11.8 Å². The van der Waals surface area contributed by atoms with Crippen molar-refractivity contribution in [2.75, 3.05) is 5.32 Å². The first-order valence-electron chi connectivity index (χ1n) is 9.49. The number of anilines is 1. The third-order valence-corrected chi connectivity index (χ3v) is 5.79. The Bertz CT molecular complexity index is 1170. The van der Waals surface area contributed by atoms with Gasteiger partial charge in [-0.3, -0.25) is 4.79 Å². The molecule has 2 heterocycles. The number of thioether (sulfide) groups is 1. The van der Waals surface area contributed by atoms with Crippen molar-refractivity contribution < 1.29 is 13.6 Å². The third kappa shape index (κ3) is 4.31. The van der Waals surface area contributed by atoms with Gasteiger partial charge in [-0.2, -0.15) is 0 Å². The van der Waals surface area contributed by atoms with E-state index in [1.165, 1.54) is 11.8 Å². The van der Waals surface area contributed by atoms with Crippen LogP contribution in [0.25, 0.3) is 11.5 Å². The van der Waals surface area contributed by atoms with E-state index in [0.717, 1.165) is 27.9 Å². The van der Waals surface area contributed by atoms with Gasteiger partial charge < -0.3 is 14.2 Å². The van der Waals surface area contributed by atoms with Crippen molar-refractivity contribution in [2.45, 2.75) is 31.2 Å². The molecule has 0 aliphatic heterocycles. The van der Waals surface area contributed by atoms with Crippen LogP contribution in [-0.4, -0.2) is 16.1 Å². The maximum atomic E-state index is 13.2. The van der Waals surface area contributed by atoms with E-state index in [1.54, 1.807) is 12.3 Å². The average molecular weight is 420 g/mol. The summed E-state index contributed by atoms with van der Waals surface area (Å²) in [6.07, 6.45) is 1.58. The number of aryl methyl sites for hydroxylation is 3. The number of aromatic nitrogens is 2. The zero-order valence-electron chi connectivity index (χ0n) is 16.9. The van der Waals surface area contributed by atoms with Gasteiger partial charge in [-0.1, -0.05) is 42.5 Å². The van der Waals surface area contributed by atoms with E-state index >= 15 is 0 Å². The van der Waals surface area contributed by atoms with Crippen molar-refractivity contribution in [3.05, 3.63) is 83.3 Å². The van der Waals surface area contributed by atoms with Crippen LogP contribution in [0.1, 0.15) is 27.7 Å². The average Bonchev–Trinajstić information content (AvgIpc) is 3.38. The number of carbonyl (C=O) groups excluding carboxylic acids is 1. The second-order valence-corrected chi connectivity index (χ2v) is 8.04. The van der Waals surface area contributed by atoms with Crippen molar-refractivity contribution in [3.8, 4) is 11.5 Å². The molecule has 2 aromatic carbocycles. The normalized spacial score (nSPS) is 12.0. The van der Waals surface area contributed by atoms with Gasteiger partial charge in [0.25, 0.3) is 11.1 Å². The van der Waals surface area contributed by atoms with Gasteiger partial charge in [-0.15, -0.1) is 10.2 Å². The molecule has 30 heavy (non-hydrogen) atoms. The fourth-order valence-corrected chi connectivity index (χ4v) is 3.92. The topological polar surface area (TPSA) is 81.2 Å². The molecule has 1 atom stereocenters. The molecule has 0 bridgehead atoms. The number of benzene rings is 2. The Morgan fingerprint density at radius 3 is 2.57 bits per heavy atom. The molecule has 0 radical (unpaired) electrons. The zero-order valence-corrected chi connectivity index (χ0v) is 17.7. The van der Waals surface area contributed by atoms with Crippen LogP contribution in [0.15, 0.2) is 74.9 Å². The van der Waals surface area contributed by atoms with Gasteiger partial charge in [-0.25, -0.2) is 0 Å². The largest absolute Gasteiger partial charge is 0.469 e. The standard InChI is InChI=1S/C23H21N3O3S/c1-14-9-10-15(2)19(13-14)24-21(27)20(17-7-5-4-6-8-17)30-23-26-25-22(29-23)18-11-12-28-16(18)3/h4-13,20H,1-3H3,(H,24,27)/t20-/m0/s1. The summed E-state index contributed by atoms with van der Waals surface area (Å²) < 4.78 is 11.1. The van der Waals surface area contributed by atoms with E-state index in [4.69, 9.17) is 8.83 Å². The first-order chi connectivity index (χ1) is 14.5. The lowest BCUT2D eigenvalue weighted by molar-refractivity contribution is -0.115. The Labute approximate surface area is 178 Å². The molecule has 7 heteroatoms. The molecular formula is C23H21N3O3S. The second kappa shape index (κ2) is 8.59. The maximum Gasteiger partial charge on any atom is 0.277 e. The highest BCUT2D eigenvalue weighted by Crippen LogP contribution is 2.37. The van der Waals surface area contributed by atoms with Crippen LogP contribution in [0.5, 0.6) is 0 Å². The number of amides is 1. The first kappa shape index (κ1) is 20.0. The van der Waals surface area contributed by atoms with Gasteiger partial charge in [0.15, 0.2) is 0 Å². The summed E-state index contributed by atoms with van der Waals surface area (Å²) in [5.41, 5.74) is 4.47. The highest BCUT2D eigenvalue weighted by Gasteiger charge is 2.26. The number of carbonyl (C=O) groups is 1. The molecule has 0 saturated carbocycles. The van der Waals surface area contributed by atoms with E-state index in [0.29, 0.717) is 16.9 Å². The number of nitrogens with one attached hydrogen (secondary N) is 1. The van der Waals surface area contributed by atoms with Crippen molar-refractivity contribution in [3.63, 3.8) is 0 Å². The van der Waals surface area contributed by atoms with Crippen molar-refractivity contribution in [2.24, 2.45) is 0 Å². The Morgan fingerprint density at radius 1 is 1.03 bits per heavy atom. The molecule has 0 unspecified atom stereocenters. The smallest absolute Gasteiger partial charge is 0.277 e. The number of hydrogen-bond acceptors (Lipinski definition) is 6. The molecule has 0 saturated heterocycles. The zero-order chi connectivity index (χ0) is 21.1. The Morgan fingerprint density at radius 2 is 1.83 bits per heavy atom. The van der Waals surface area contributed by atoms with Crippen molar-refractivity contribution >= 4 is 23.4 Å². The first-order valence-corrected chi connectivity index (χ1v) is 10.4. The quantitative estimate of drug-likeness (QED) is 0.402. The van der Waals surface area contributed by atoms with E-state index in [-0.39, 0.29) is 5.91 Å². The number of hydrogen-bond donors (Lipinski definition) is 1. The van der Waals surface area contributed by atoms with Crippen LogP contribution < -0.4 is 5.32 Å². The summed E-state index contributed by atoms with van der Waals surface area (Å²) in [7, 11) is 0. The minimum absolute atomic E-state index is 0.154. The summed E-state index contributed by atoms with van der Waals surface area (Å²) >= 11 is 1.22. The van der Waals surface area contributed by atoms with Crippen molar-refractivity contribution in [1.82, 2.24) is 10.2 Å². The summed E-state index contributed by atoms with van der Waals surface area (Å²) in [4.78, 5) is 13.2. The number of rotatable bonds is 6. The van der Waals surface area contributed by atoms with Crippen LogP contribution in [0.3, 0.4) is 0 Å². The fraction of sp³-hybridized carbons (Fsp3) is 0.174. The van der Waals surface area contributed by atoms with Crippen molar-refractivity contribution in [1.29, 1.82) is 0 Å². The second-order valence-electron chi connectivity index (χ2n) is 6.98. The van der Waals surface area contributed by atoms with E-state index < -0.39 is 5.25 Å². The van der Waals surface area contributed by atoms with Gasteiger partial charge in [0, 0.05) is 5.69 Å². The molecule has 0 spiro atoms. The monoisotopic (exact) mass is 419 g/mol. The Kier molecular flexibility index (Phi) is 5.72. The predicted molar refractivity (Wildman–Crippen MR) is 116 cm³/mol. The molecule has 1 N–H and O–H groups in total. The number of furan rings is 1. The van der Waals surface area contributed by atoms with Crippen LogP contribution in [0.2, 0.25) is 0 Å². The predicted octanol–water partition coefficient (Wildman–Crippen LogP) is 5.73. The summed E-state index contributed by atoms with van der Waals surface area (Å²) in [6.45, 7) is 5.80. The summed E-state index contributed by atoms with van der Waals surface area (Å²) in [6, 6.07) is 17.3. The van der Waals surface area contributed by atoms with E-state index in [9.17, 15) is 4.79 Å². The van der Waals surface area contributed by atoms with Gasteiger partial charge in [0.2, 0.25) is 5.91 Å². The summed E-state index contributed by atoms with van der Waals surface area (Å²) in [5.74, 6) is 0.909. The molecular weight excluding hydrogens is 398 g/mol. The van der Waals surface area contributed by atoms with E-state index in [1.807, 2.05) is 69.3 Å². The van der Waals surface area contributed by atoms with Crippen LogP contribution >= 0.6 is 11.8 Å². The molecule has 6 nitrogen and oxygen atoms in total. The molecule has 2 aromatic heterocycles. The number of nitrogens with zero attached hydrogens (tertiary/aromatic N) is 2. The molecule has 0 aliphatic carbocycles. The fourth-order valence-electron chi connectivity index (χ4n) is 3.04. The van der Waals surface area contributed by atoms with Crippen LogP contribution in [0, 0.1) is 20.8 Å². The third-order valence-electron chi connectivity index (χ3n) is 4.71. The Hall–Kier alpha value is -3.32. The van der Waals surface area contributed by atoms with Gasteiger partial charge >= 0.3 is 0 Å². The van der Waals surface area contributed by atoms with Crippen LogP contribution in [0.4, 0.5) is 5.69 Å². The van der Waals surface area contributed by atoms with E-state index in [2.05, 4.69) is 15.5 Å². The maximum absolute atomic E-state index is 13.2. The molecule has 4 aromatic rings. The Balaban J connectivity index is 1.61. The van der Waals surface area contributed by atoms with Gasteiger partial charge in [0.1, 0.15) is 11.0 Å².